The number of piperazine rings is 1. The SMILES string of the molecule is CC(=O)c1ccc(N2CCN([C@H]3CN(C(=O)c4ccc(Cl)cc4)C[C@@H]3O)CC2)cc1. The summed E-state index contributed by atoms with van der Waals surface area (Å²) in [5.74, 6) is -0.00305. The van der Waals surface area contributed by atoms with Gasteiger partial charge in [0.1, 0.15) is 0 Å². The number of aliphatic hydroxyl groups is 1. The van der Waals surface area contributed by atoms with Crippen LogP contribution in [0.2, 0.25) is 5.02 Å². The summed E-state index contributed by atoms with van der Waals surface area (Å²) in [5, 5.41) is 11.2. The molecule has 0 unspecified atom stereocenters. The van der Waals surface area contributed by atoms with E-state index in [1.807, 2.05) is 24.3 Å². The third kappa shape index (κ3) is 4.36. The number of halogens is 1. The number of amides is 1. The number of Topliss-reactive ketones (excluding diaryl/α,β-unsaturated/α-hetero) is 1. The van der Waals surface area contributed by atoms with Crippen LogP contribution < -0.4 is 4.90 Å². The largest absolute Gasteiger partial charge is 0.390 e. The Balaban J connectivity index is 1.35. The molecule has 7 heteroatoms. The van der Waals surface area contributed by atoms with Gasteiger partial charge in [-0.3, -0.25) is 14.5 Å². The average Bonchev–Trinajstić information content (AvgIpc) is 3.15. The molecule has 0 aliphatic carbocycles. The normalized spacial score (nSPS) is 22.4. The van der Waals surface area contributed by atoms with E-state index in [2.05, 4.69) is 9.80 Å². The highest BCUT2D eigenvalue weighted by molar-refractivity contribution is 6.30. The standard InChI is InChI=1S/C23H26ClN3O3/c1-16(28)17-4-8-20(9-5-17)25-10-12-26(13-11-25)21-14-27(15-22(21)29)23(30)18-2-6-19(24)7-3-18/h2-9,21-22,29H,10-15H2,1H3/t21-,22-/m0/s1. The summed E-state index contributed by atoms with van der Waals surface area (Å²) in [6.07, 6.45) is -0.553. The van der Waals surface area contributed by atoms with Gasteiger partial charge in [0.25, 0.3) is 5.91 Å². The maximum absolute atomic E-state index is 12.8. The molecule has 0 bridgehead atoms. The zero-order valence-electron chi connectivity index (χ0n) is 17.0. The molecule has 0 saturated carbocycles. The molecule has 2 saturated heterocycles. The van der Waals surface area contributed by atoms with E-state index in [0.717, 1.165) is 37.4 Å². The number of anilines is 1. The van der Waals surface area contributed by atoms with Crippen LogP contribution in [0.3, 0.4) is 0 Å². The number of β-amino-alcohol motifs (C(OH)–C–C–N with tert-alkyl or cyclic N) is 1. The molecule has 1 N–H and O–H groups in total. The first-order valence-corrected chi connectivity index (χ1v) is 10.6. The van der Waals surface area contributed by atoms with Crippen molar-refractivity contribution in [3.8, 4) is 0 Å². The molecule has 2 aliphatic heterocycles. The van der Waals surface area contributed by atoms with E-state index in [4.69, 9.17) is 11.6 Å². The van der Waals surface area contributed by atoms with E-state index >= 15 is 0 Å². The van der Waals surface area contributed by atoms with Gasteiger partial charge in [0, 0.05) is 61.1 Å². The van der Waals surface area contributed by atoms with E-state index in [1.165, 1.54) is 0 Å². The lowest BCUT2D eigenvalue weighted by molar-refractivity contribution is 0.0754. The average molecular weight is 428 g/mol. The van der Waals surface area contributed by atoms with E-state index in [-0.39, 0.29) is 17.7 Å². The quantitative estimate of drug-likeness (QED) is 0.760. The van der Waals surface area contributed by atoms with Gasteiger partial charge in [0.05, 0.1) is 12.1 Å². The Morgan fingerprint density at radius 3 is 2.10 bits per heavy atom. The Bertz CT molecular complexity index is 908. The molecule has 2 aromatic rings. The van der Waals surface area contributed by atoms with E-state index in [9.17, 15) is 14.7 Å². The Hall–Kier alpha value is -2.41. The topological polar surface area (TPSA) is 64.1 Å². The van der Waals surface area contributed by atoms with E-state index < -0.39 is 6.10 Å². The van der Waals surface area contributed by atoms with Crippen LogP contribution in [0.15, 0.2) is 48.5 Å². The van der Waals surface area contributed by atoms with Crippen molar-refractivity contribution in [2.75, 3.05) is 44.2 Å². The van der Waals surface area contributed by atoms with Crippen molar-refractivity contribution in [3.05, 3.63) is 64.7 Å². The van der Waals surface area contributed by atoms with Crippen LogP contribution in [0, 0.1) is 0 Å². The van der Waals surface area contributed by atoms with Crippen LogP contribution in [-0.4, -0.2) is 78.0 Å². The number of nitrogens with zero attached hydrogens (tertiary/aromatic N) is 3. The number of benzene rings is 2. The third-order valence-electron chi connectivity index (χ3n) is 6.06. The molecule has 1 amide bonds. The van der Waals surface area contributed by atoms with Gasteiger partial charge >= 0.3 is 0 Å². The molecule has 2 fully saturated rings. The van der Waals surface area contributed by atoms with Crippen LogP contribution >= 0.6 is 11.6 Å². The fourth-order valence-electron chi connectivity index (χ4n) is 4.29. The summed E-state index contributed by atoms with van der Waals surface area (Å²) in [6.45, 7) is 5.76. The lowest BCUT2D eigenvalue weighted by atomic mass is 10.1. The molecule has 2 atom stereocenters. The van der Waals surface area contributed by atoms with Crippen molar-refractivity contribution in [3.63, 3.8) is 0 Å². The minimum atomic E-state index is -0.553. The number of carbonyl (C=O) groups is 2. The van der Waals surface area contributed by atoms with Gasteiger partial charge in [-0.15, -0.1) is 0 Å². The van der Waals surface area contributed by atoms with Gasteiger partial charge in [0.2, 0.25) is 0 Å². The number of hydrogen-bond donors (Lipinski definition) is 1. The molecule has 0 radical (unpaired) electrons. The molecule has 2 heterocycles. The Kier molecular flexibility index (Phi) is 6.09. The smallest absolute Gasteiger partial charge is 0.253 e. The van der Waals surface area contributed by atoms with Crippen LogP contribution in [0.4, 0.5) is 5.69 Å². The summed E-state index contributed by atoms with van der Waals surface area (Å²) >= 11 is 5.91. The van der Waals surface area contributed by atoms with Crippen molar-refractivity contribution in [2.24, 2.45) is 0 Å². The fourth-order valence-corrected chi connectivity index (χ4v) is 4.41. The number of ketones is 1. The number of likely N-dealkylation sites (tertiary alicyclic amines) is 1. The lowest BCUT2D eigenvalue weighted by Gasteiger charge is -2.39. The molecule has 2 aliphatic rings. The van der Waals surface area contributed by atoms with Gasteiger partial charge in [-0.2, -0.15) is 0 Å². The highest BCUT2D eigenvalue weighted by Crippen LogP contribution is 2.23. The van der Waals surface area contributed by atoms with Gasteiger partial charge in [-0.25, -0.2) is 0 Å². The second-order valence-corrected chi connectivity index (χ2v) is 8.41. The fraction of sp³-hybridized carbons (Fsp3) is 0.391. The number of rotatable bonds is 4. The second kappa shape index (κ2) is 8.76. The Morgan fingerprint density at radius 1 is 0.900 bits per heavy atom. The van der Waals surface area contributed by atoms with Crippen LogP contribution in [-0.2, 0) is 0 Å². The molecule has 4 rings (SSSR count). The van der Waals surface area contributed by atoms with Gasteiger partial charge in [-0.05, 0) is 55.5 Å². The van der Waals surface area contributed by atoms with Crippen LogP contribution in [0.5, 0.6) is 0 Å². The van der Waals surface area contributed by atoms with Gasteiger partial charge < -0.3 is 14.9 Å². The first kappa shape index (κ1) is 20.8. The molecule has 2 aromatic carbocycles. The van der Waals surface area contributed by atoms with Crippen molar-refractivity contribution in [1.82, 2.24) is 9.80 Å². The highest BCUT2D eigenvalue weighted by atomic mass is 35.5. The van der Waals surface area contributed by atoms with Crippen molar-refractivity contribution in [2.45, 2.75) is 19.1 Å². The molecule has 30 heavy (non-hydrogen) atoms. The van der Waals surface area contributed by atoms with Crippen molar-refractivity contribution >= 4 is 29.0 Å². The molecule has 158 valence electrons. The molecular formula is C23H26ClN3O3. The second-order valence-electron chi connectivity index (χ2n) is 7.98. The Labute approximate surface area is 181 Å². The summed E-state index contributed by atoms with van der Waals surface area (Å²) in [7, 11) is 0. The highest BCUT2D eigenvalue weighted by Gasteiger charge is 2.38. The third-order valence-corrected chi connectivity index (χ3v) is 6.31. The maximum Gasteiger partial charge on any atom is 0.253 e. The summed E-state index contributed by atoms with van der Waals surface area (Å²) < 4.78 is 0. The lowest BCUT2D eigenvalue weighted by Crippen LogP contribution is -2.53. The zero-order chi connectivity index (χ0) is 21.3. The molecule has 0 spiro atoms. The summed E-state index contributed by atoms with van der Waals surface area (Å²) in [5.41, 5.74) is 2.41. The molecule has 6 nitrogen and oxygen atoms in total. The minimum Gasteiger partial charge on any atom is -0.390 e. The first-order valence-electron chi connectivity index (χ1n) is 10.3. The summed E-state index contributed by atoms with van der Waals surface area (Å²) in [6, 6.07) is 14.5. The monoisotopic (exact) mass is 427 g/mol. The van der Waals surface area contributed by atoms with Crippen LogP contribution in [0.1, 0.15) is 27.6 Å². The predicted octanol–water partition coefficient (Wildman–Crippen LogP) is 2.55. The number of hydrogen-bond acceptors (Lipinski definition) is 5. The Morgan fingerprint density at radius 2 is 1.50 bits per heavy atom. The predicted molar refractivity (Wildman–Crippen MR) is 117 cm³/mol. The van der Waals surface area contributed by atoms with Crippen molar-refractivity contribution < 1.29 is 14.7 Å². The zero-order valence-corrected chi connectivity index (χ0v) is 17.8. The van der Waals surface area contributed by atoms with E-state index in [1.54, 1.807) is 36.1 Å². The first-order chi connectivity index (χ1) is 14.4. The van der Waals surface area contributed by atoms with Crippen molar-refractivity contribution in [1.29, 1.82) is 0 Å². The maximum atomic E-state index is 12.8. The molecule has 0 aromatic heterocycles. The van der Waals surface area contributed by atoms with Gasteiger partial charge in [-0.1, -0.05) is 11.6 Å². The summed E-state index contributed by atoms with van der Waals surface area (Å²) in [4.78, 5) is 30.5. The molecular weight excluding hydrogens is 402 g/mol. The minimum absolute atomic E-state index is 0.0523. The van der Waals surface area contributed by atoms with E-state index in [0.29, 0.717) is 23.7 Å². The number of aliphatic hydroxyl groups excluding tert-OH is 1. The number of carbonyl (C=O) groups excluding carboxylic acids is 2. The van der Waals surface area contributed by atoms with Crippen LogP contribution in [0.25, 0.3) is 0 Å². The van der Waals surface area contributed by atoms with Gasteiger partial charge in [0.15, 0.2) is 5.78 Å².